The molecule has 132 valence electrons. The van der Waals surface area contributed by atoms with Crippen molar-refractivity contribution in [2.45, 2.75) is 18.9 Å². The molecule has 0 spiro atoms. The molecule has 8 heteroatoms. The maximum atomic E-state index is 12.7. The van der Waals surface area contributed by atoms with Crippen molar-refractivity contribution in [3.8, 4) is 17.3 Å². The molecule has 1 fully saturated rings. The molecule has 3 aromatic rings. The maximum absolute atomic E-state index is 12.7. The number of nitrogens with zero attached hydrogens (tertiary/aromatic N) is 5. The average Bonchev–Trinajstić information content (AvgIpc) is 3.19. The van der Waals surface area contributed by atoms with Gasteiger partial charge in [0.05, 0.1) is 6.54 Å². The van der Waals surface area contributed by atoms with Crippen molar-refractivity contribution in [1.29, 1.82) is 0 Å². The van der Waals surface area contributed by atoms with Crippen LogP contribution < -0.4 is 4.74 Å². The van der Waals surface area contributed by atoms with Crippen LogP contribution in [0.3, 0.4) is 0 Å². The highest BCUT2D eigenvalue weighted by atomic mass is 16.5. The molecule has 0 radical (unpaired) electrons. The molecule has 3 aromatic heterocycles. The minimum atomic E-state index is -0.175. The van der Waals surface area contributed by atoms with Gasteiger partial charge in [0.25, 0.3) is 5.91 Å². The Morgan fingerprint density at radius 3 is 2.92 bits per heavy atom. The minimum Gasteiger partial charge on any atom is -0.458 e. The summed E-state index contributed by atoms with van der Waals surface area (Å²) in [5, 5.41) is 3.92. The topological polar surface area (TPSA) is 94.2 Å². The molecule has 1 aliphatic rings. The van der Waals surface area contributed by atoms with Gasteiger partial charge >= 0.3 is 6.01 Å². The quantitative estimate of drug-likeness (QED) is 0.711. The molecule has 0 aliphatic carbocycles. The molecule has 26 heavy (non-hydrogen) atoms. The van der Waals surface area contributed by atoms with Crippen molar-refractivity contribution in [2.24, 2.45) is 0 Å². The molecule has 8 nitrogen and oxygen atoms in total. The van der Waals surface area contributed by atoms with E-state index < -0.39 is 0 Å². The monoisotopic (exact) mass is 351 g/mol. The number of piperidine rings is 1. The highest BCUT2D eigenvalue weighted by molar-refractivity contribution is 5.93. The van der Waals surface area contributed by atoms with E-state index in [9.17, 15) is 4.79 Å². The molecule has 1 aliphatic heterocycles. The Labute approximate surface area is 149 Å². The first-order valence-corrected chi connectivity index (χ1v) is 8.39. The summed E-state index contributed by atoms with van der Waals surface area (Å²) in [6.45, 7) is 1.12. The van der Waals surface area contributed by atoms with Gasteiger partial charge in [0.1, 0.15) is 6.10 Å². The maximum Gasteiger partial charge on any atom is 0.316 e. The lowest BCUT2D eigenvalue weighted by Gasteiger charge is -2.31. The molecule has 1 atom stereocenters. The highest BCUT2D eigenvalue weighted by Crippen LogP contribution is 2.21. The lowest BCUT2D eigenvalue weighted by Crippen LogP contribution is -2.44. The van der Waals surface area contributed by atoms with Crippen molar-refractivity contribution in [2.75, 3.05) is 13.1 Å². The van der Waals surface area contributed by atoms with Crippen LogP contribution in [0.4, 0.5) is 0 Å². The van der Waals surface area contributed by atoms with E-state index in [1.54, 1.807) is 47.9 Å². The van der Waals surface area contributed by atoms with Gasteiger partial charge in [0, 0.05) is 43.0 Å². The predicted molar refractivity (Wildman–Crippen MR) is 91.3 cm³/mol. The van der Waals surface area contributed by atoms with Crippen LogP contribution in [0.15, 0.2) is 53.6 Å². The Morgan fingerprint density at radius 2 is 2.12 bits per heavy atom. The lowest BCUT2D eigenvalue weighted by molar-refractivity contribution is 0.0507. The van der Waals surface area contributed by atoms with Crippen molar-refractivity contribution in [3.63, 3.8) is 0 Å². The van der Waals surface area contributed by atoms with E-state index in [2.05, 4.69) is 20.1 Å². The van der Waals surface area contributed by atoms with Gasteiger partial charge in [-0.3, -0.25) is 9.78 Å². The summed E-state index contributed by atoms with van der Waals surface area (Å²) >= 11 is 0. The number of carbonyl (C=O) groups is 1. The van der Waals surface area contributed by atoms with E-state index in [-0.39, 0.29) is 17.7 Å². The Balaban J connectivity index is 1.44. The lowest BCUT2D eigenvalue weighted by atomic mass is 10.1. The third-order valence-corrected chi connectivity index (χ3v) is 4.15. The zero-order chi connectivity index (χ0) is 17.8. The molecule has 0 bridgehead atoms. The zero-order valence-corrected chi connectivity index (χ0v) is 14.0. The van der Waals surface area contributed by atoms with Gasteiger partial charge in [-0.2, -0.15) is 0 Å². The summed E-state index contributed by atoms with van der Waals surface area (Å²) in [6.07, 6.45) is 8.15. The Hall–Kier alpha value is -3.29. The normalized spacial score (nSPS) is 17.1. The largest absolute Gasteiger partial charge is 0.458 e. The first kappa shape index (κ1) is 16.2. The highest BCUT2D eigenvalue weighted by Gasteiger charge is 2.28. The molecule has 0 saturated carbocycles. The number of carbonyl (C=O) groups excluding carboxylic acids is 1. The fourth-order valence-electron chi connectivity index (χ4n) is 2.90. The van der Waals surface area contributed by atoms with Crippen LogP contribution in [0.1, 0.15) is 23.3 Å². The molecule has 1 amide bonds. The first-order chi connectivity index (χ1) is 12.8. The fourth-order valence-corrected chi connectivity index (χ4v) is 2.90. The summed E-state index contributed by atoms with van der Waals surface area (Å²) in [5.74, 6) is 0.343. The van der Waals surface area contributed by atoms with Crippen LogP contribution in [0.25, 0.3) is 11.3 Å². The van der Waals surface area contributed by atoms with Crippen LogP contribution in [0.2, 0.25) is 0 Å². The second-order valence-corrected chi connectivity index (χ2v) is 5.98. The van der Waals surface area contributed by atoms with Crippen LogP contribution in [0, 0.1) is 0 Å². The summed E-state index contributed by atoms with van der Waals surface area (Å²) < 4.78 is 11.1. The van der Waals surface area contributed by atoms with E-state index >= 15 is 0 Å². The van der Waals surface area contributed by atoms with Gasteiger partial charge in [0.15, 0.2) is 11.5 Å². The second kappa shape index (κ2) is 7.30. The smallest absolute Gasteiger partial charge is 0.316 e. The number of hydrogen-bond acceptors (Lipinski definition) is 7. The average molecular weight is 351 g/mol. The number of amides is 1. The molecule has 1 unspecified atom stereocenters. The molecule has 0 N–H and O–H groups in total. The van der Waals surface area contributed by atoms with Gasteiger partial charge in [-0.25, -0.2) is 9.97 Å². The van der Waals surface area contributed by atoms with Crippen LogP contribution in [0.5, 0.6) is 6.01 Å². The van der Waals surface area contributed by atoms with Crippen LogP contribution in [-0.2, 0) is 0 Å². The number of pyridine rings is 1. The van der Waals surface area contributed by atoms with Crippen molar-refractivity contribution in [3.05, 3.63) is 54.7 Å². The van der Waals surface area contributed by atoms with E-state index in [1.807, 2.05) is 6.07 Å². The molecule has 4 heterocycles. The summed E-state index contributed by atoms with van der Waals surface area (Å²) in [4.78, 5) is 26.6. The molecule has 1 saturated heterocycles. The number of likely N-dealkylation sites (tertiary alicyclic amines) is 1. The third-order valence-electron chi connectivity index (χ3n) is 4.15. The van der Waals surface area contributed by atoms with Gasteiger partial charge in [-0.1, -0.05) is 5.16 Å². The Morgan fingerprint density at radius 1 is 1.23 bits per heavy atom. The van der Waals surface area contributed by atoms with Crippen molar-refractivity contribution < 1.29 is 14.1 Å². The Bertz CT molecular complexity index is 869. The molecular weight excluding hydrogens is 334 g/mol. The SMILES string of the molecule is O=C(c1cc(-c2cccnc2)on1)N1CCCC(Oc2ncccn2)C1. The van der Waals surface area contributed by atoms with Gasteiger partial charge in [-0.05, 0) is 31.0 Å². The summed E-state index contributed by atoms with van der Waals surface area (Å²) in [5.41, 5.74) is 1.06. The number of aromatic nitrogens is 4. The predicted octanol–water partition coefficient (Wildman–Crippen LogP) is 2.21. The molecule has 4 rings (SSSR count). The number of hydrogen-bond donors (Lipinski definition) is 0. The van der Waals surface area contributed by atoms with E-state index in [0.717, 1.165) is 18.4 Å². The summed E-state index contributed by atoms with van der Waals surface area (Å²) in [7, 11) is 0. The third kappa shape index (κ3) is 3.53. The minimum absolute atomic E-state index is 0.139. The van der Waals surface area contributed by atoms with E-state index in [0.29, 0.717) is 24.9 Å². The van der Waals surface area contributed by atoms with Gasteiger partial charge in [-0.15, -0.1) is 0 Å². The second-order valence-electron chi connectivity index (χ2n) is 5.98. The van der Waals surface area contributed by atoms with Gasteiger partial charge < -0.3 is 14.2 Å². The van der Waals surface area contributed by atoms with E-state index in [1.165, 1.54) is 0 Å². The van der Waals surface area contributed by atoms with Crippen LogP contribution in [-0.4, -0.2) is 50.1 Å². The fraction of sp³-hybridized carbons (Fsp3) is 0.278. The Kier molecular flexibility index (Phi) is 4.55. The number of ether oxygens (including phenoxy) is 1. The van der Waals surface area contributed by atoms with Crippen molar-refractivity contribution >= 4 is 5.91 Å². The molecular formula is C18H17N5O3. The zero-order valence-electron chi connectivity index (χ0n) is 14.0. The first-order valence-electron chi connectivity index (χ1n) is 8.39. The number of rotatable bonds is 4. The summed E-state index contributed by atoms with van der Waals surface area (Å²) in [6, 6.07) is 7.36. The molecule has 0 aromatic carbocycles. The standard InChI is InChI=1S/C18H17N5O3/c24-17(15-10-16(26-22-15)13-4-1-6-19-11-13)23-9-2-5-14(12-23)25-18-20-7-3-8-21-18/h1,3-4,6-8,10-11,14H,2,5,9,12H2. The van der Waals surface area contributed by atoms with Crippen LogP contribution >= 0.6 is 0 Å². The van der Waals surface area contributed by atoms with E-state index in [4.69, 9.17) is 9.26 Å². The van der Waals surface area contributed by atoms with Crippen molar-refractivity contribution in [1.82, 2.24) is 25.0 Å². The van der Waals surface area contributed by atoms with Gasteiger partial charge in [0.2, 0.25) is 0 Å².